The van der Waals surface area contributed by atoms with Crippen LogP contribution in [0.5, 0.6) is 0 Å². The number of amides is 1. The molecule has 0 saturated carbocycles. The quantitative estimate of drug-likeness (QED) is 0.417. The molecule has 0 aromatic heterocycles. The fourth-order valence-electron chi connectivity index (χ4n) is 1.72. The molecule has 23 heavy (non-hydrogen) atoms. The molecule has 0 spiro atoms. The highest BCUT2D eigenvalue weighted by molar-refractivity contribution is 5.86. The summed E-state index contributed by atoms with van der Waals surface area (Å²) in [6, 6.07) is 0. The van der Waals surface area contributed by atoms with Gasteiger partial charge in [-0.15, -0.1) is 6.58 Å². The molecule has 1 N–H and O–H groups in total. The summed E-state index contributed by atoms with van der Waals surface area (Å²) < 4.78 is 15.2. The Morgan fingerprint density at radius 1 is 1.17 bits per heavy atom. The Morgan fingerprint density at radius 3 is 2.22 bits per heavy atom. The van der Waals surface area contributed by atoms with E-state index in [0.29, 0.717) is 6.42 Å². The first-order valence-electron chi connectivity index (χ1n) is 7.49. The van der Waals surface area contributed by atoms with Gasteiger partial charge in [0.2, 0.25) is 0 Å². The molecule has 0 radical (unpaired) electrons. The topological polar surface area (TPSA) is 90.9 Å². The maximum atomic E-state index is 12.4. The average molecular weight is 329 g/mol. The Kier molecular flexibility index (Phi) is 8.35. The van der Waals surface area contributed by atoms with Gasteiger partial charge in [-0.2, -0.15) is 0 Å². The molecule has 7 nitrogen and oxygen atoms in total. The van der Waals surface area contributed by atoms with E-state index in [1.807, 2.05) is 0 Å². The van der Waals surface area contributed by atoms with Crippen molar-refractivity contribution >= 4 is 18.0 Å². The Labute approximate surface area is 137 Å². The van der Waals surface area contributed by atoms with Crippen LogP contribution in [0.15, 0.2) is 12.7 Å². The van der Waals surface area contributed by atoms with Gasteiger partial charge >= 0.3 is 18.0 Å². The Bertz CT molecular complexity index is 440. The normalized spacial score (nSPS) is 13.4. The summed E-state index contributed by atoms with van der Waals surface area (Å²) in [7, 11) is 0. The molecule has 7 heteroatoms. The number of carbonyl (C=O) groups is 3. The van der Waals surface area contributed by atoms with E-state index in [1.165, 1.54) is 6.92 Å². The second kappa shape index (κ2) is 9.17. The molecule has 0 fully saturated rings. The van der Waals surface area contributed by atoms with Crippen LogP contribution in [0.1, 0.15) is 47.5 Å². The van der Waals surface area contributed by atoms with Gasteiger partial charge in [-0.25, -0.2) is 9.59 Å². The van der Waals surface area contributed by atoms with Crippen molar-refractivity contribution in [1.82, 2.24) is 5.32 Å². The number of hydrogen-bond donors (Lipinski definition) is 1. The molecule has 0 aliphatic carbocycles. The first-order valence-corrected chi connectivity index (χ1v) is 7.49. The predicted octanol–water partition coefficient (Wildman–Crippen LogP) is 2.34. The number of alkyl carbamates (subject to hydrolysis) is 1. The number of ether oxygens (including phenoxy) is 3. The van der Waals surface area contributed by atoms with Crippen molar-refractivity contribution in [2.24, 2.45) is 0 Å². The van der Waals surface area contributed by atoms with Gasteiger partial charge in [-0.1, -0.05) is 6.08 Å². The predicted molar refractivity (Wildman–Crippen MR) is 84.8 cm³/mol. The second-order valence-corrected chi connectivity index (χ2v) is 6.04. The first-order chi connectivity index (χ1) is 10.6. The molecular weight excluding hydrogens is 302 g/mol. The maximum Gasteiger partial charge on any atom is 0.408 e. The van der Waals surface area contributed by atoms with Crippen molar-refractivity contribution in [3.63, 3.8) is 0 Å². The number of nitrogens with one attached hydrogen (secondary N) is 1. The van der Waals surface area contributed by atoms with Gasteiger partial charge < -0.3 is 19.5 Å². The van der Waals surface area contributed by atoms with Crippen LogP contribution in [0.25, 0.3) is 0 Å². The zero-order valence-electron chi connectivity index (χ0n) is 14.6. The van der Waals surface area contributed by atoms with Crippen molar-refractivity contribution < 1.29 is 28.6 Å². The molecule has 0 bridgehead atoms. The monoisotopic (exact) mass is 329 g/mol. The molecule has 132 valence electrons. The molecule has 1 amide bonds. The maximum absolute atomic E-state index is 12.4. The van der Waals surface area contributed by atoms with Gasteiger partial charge in [0, 0.05) is 6.92 Å². The fraction of sp³-hybridized carbons (Fsp3) is 0.688. The summed E-state index contributed by atoms with van der Waals surface area (Å²) in [5.74, 6) is -1.25. The van der Waals surface area contributed by atoms with Crippen molar-refractivity contribution in [2.45, 2.75) is 58.6 Å². The Morgan fingerprint density at radius 2 is 1.78 bits per heavy atom. The number of esters is 2. The molecular formula is C16H27NO6. The van der Waals surface area contributed by atoms with Gasteiger partial charge in [-0.05, 0) is 40.5 Å². The van der Waals surface area contributed by atoms with Crippen molar-refractivity contribution in [2.75, 3.05) is 13.2 Å². The van der Waals surface area contributed by atoms with Crippen LogP contribution >= 0.6 is 0 Å². The van der Waals surface area contributed by atoms with Crippen LogP contribution in [0.2, 0.25) is 0 Å². The van der Waals surface area contributed by atoms with E-state index in [1.54, 1.807) is 33.8 Å². The standard InChI is InChI=1S/C16H27NO6/c1-7-9-10-16(11-22-12(3)18,13(19)21-8-2)17-14(20)23-15(4,5)6/h7H,1,8-11H2,2-6H3,(H,17,20). The lowest BCUT2D eigenvalue weighted by Gasteiger charge is -2.32. The van der Waals surface area contributed by atoms with Crippen LogP contribution < -0.4 is 5.32 Å². The minimum atomic E-state index is -1.52. The molecule has 1 unspecified atom stereocenters. The Balaban J connectivity index is 5.39. The largest absolute Gasteiger partial charge is 0.464 e. The molecule has 0 saturated heterocycles. The van der Waals surface area contributed by atoms with E-state index in [4.69, 9.17) is 14.2 Å². The van der Waals surface area contributed by atoms with Gasteiger partial charge in [-0.3, -0.25) is 4.79 Å². The van der Waals surface area contributed by atoms with E-state index >= 15 is 0 Å². The summed E-state index contributed by atoms with van der Waals surface area (Å²) in [6.45, 7) is 11.4. The van der Waals surface area contributed by atoms with Gasteiger partial charge in [0.1, 0.15) is 12.2 Å². The van der Waals surface area contributed by atoms with E-state index < -0.39 is 29.2 Å². The van der Waals surface area contributed by atoms with Crippen molar-refractivity contribution in [3.8, 4) is 0 Å². The van der Waals surface area contributed by atoms with E-state index in [0.717, 1.165) is 0 Å². The lowest BCUT2D eigenvalue weighted by molar-refractivity contribution is -0.158. The van der Waals surface area contributed by atoms with E-state index in [9.17, 15) is 14.4 Å². The molecule has 0 heterocycles. The van der Waals surface area contributed by atoms with Gasteiger partial charge in [0.15, 0.2) is 5.54 Å². The zero-order chi connectivity index (χ0) is 18.1. The van der Waals surface area contributed by atoms with Crippen molar-refractivity contribution in [1.29, 1.82) is 0 Å². The van der Waals surface area contributed by atoms with Gasteiger partial charge in [0.25, 0.3) is 0 Å². The third-order valence-corrected chi connectivity index (χ3v) is 2.70. The lowest BCUT2D eigenvalue weighted by atomic mass is 9.94. The van der Waals surface area contributed by atoms with Crippen molar-refractivity contribution in [3.05, 3.63) is 12.7 Å². The second-order valence-electron chi connectivity index (χ2n) is 6.04. The van der Waals surface area contributed by atoms with E-state index in [-0.39, 0.29) is 19.6 Å². The smallest absolute Gasteiger partial charge is 0.408 e. The minimum absolute atomic E-state index is 0.130. The fourth-order valence-corrected chi connectivity index (χ4v) is 1.72. The summed E-state index contributed by atoms with van der Waals surface area (Å²) in [4.78, 5) is 35.6. The van der Waals surface area contributed by atoms with Gasteiger partial charge in [0.05, 0.1) is 6.61 Å². The van der Waals surface area contributed by atoms with Crippen LogP contribution in [0.3, 0.4) is 0 Å². The highest BCUT2D eigenvalue weighted by Crippen LogP contribution is 2.19. The van der Waals surface area contributed by atoms with Crippen LogP contribution in [0.4, 0.5) is 4.79 Å². The summed E-state index contributed by atoms with van der Waals surface area (Å²) in [5, 5.41) is 2.50. The Hall–Kier alpha value is -2.05. The minimum Gasteiger partial charge on any atom is -0.464 e. The molecule has 0 rings (SSSR count). The number of carbonyl (C=O) groups excluding carboxylic acids is 3. The highest BCUT2D eigenvalue weighted by atomic mass is 16.6. The SMILES string of the molecule is C=CCCC(COC(C)=O)(NC(=O)OC(C)(C)C)C(=O)OCC. The number of allylic oxidation sites excluding steroid dienone is 1. The highest BCUT2D eigenvalue weighted by Gasteiger charge is 2.43. The lowest BCUT2D eigenvalue weighted by Crippen LogP contribution is -2.59. The molecule has 0 aliphatic heterocycles. The first kappa shape index (κ1) is 20.9. The summed E-state index contributed by atoms with van der Waals surface area (Å²) >= 11 is 0. The van der Waals surface area contributed by atoms with Crippen LogP contribution in [-0.2, 0) is 23.8 Å². The molecule has 0 aromatic carbocycles. The van der Waals surface area contributed by atoms with E-state index in [2.05, 4.69) is 11.9 Å². The number of hydrogen-bond acceptors (Lipinski definition) is 6. The zero-order valence-corrected chi connectivity index (χ0v) is 14.6. The van der Waals surface area contributed by atoms with Crippen LogP contribution in [0, 0.1) is 0 Å². The third-order valence-electron chi connectivity index (χ3n) is 2.70. The summed E-state index contributed by atoms with van der Waals surface area (Å²) in [6.07, 6.45) is 1.39. The third kappa shape index (κ3) is 8.23. The average Bonchev–Trinajstić information content (AvgIpc) is 2.40. The summed E-state index contributed by atoms with van der Waals surface area (Å²) in [5.41, 5.74) is -2.25. The van der Waals surface area contributed by atoms with Crippen LogP contribution in [-0.4, -0.2) is 42.4 Å². The number of rotatable bonds is 8. The molecule has 1 atom stereocenters. The molecule has 0 aliphatic rings. The molecule has 0 aromatic rings.